The highest BCUT2D eigenvalue weighted by molar-refractivity contribution is 7.98. The fraction of sp³-hybridized carbons (Fsp3) is 0.385. The van der Waals surface area contributed by atoms with Crippen molar-refractivity contribution in [3.05, 3.63) is 40.3 Å². The van der Waals surface area contributed by atoms with E-state index in [1.54, 1.807) is 11.8 Å². The summed E-state index contributed by atoms with van der Waals surface area (Å²) >= 11 is 1.55. The molecule has 0 fully saturated rings. The molecule has 4 nitrogen and oxygen atoms in total. The van der Waals surface area contributed by atoms with E-state index in [9.17, 15) is 0 Å². The van der Waals surface area contributed by atoms with Crippen LogP contribution in [0, 0.1) is 20.8 Å². The van der Waals surface area contributed by atoms with E-state index in [1.165, 1.54) is 22.3 Å². The highest BCUT2D eigenvalue weighted by Crippen LogP contribution is 2.26. The Morgan fingerprint density at radius 3 is 2.39 bits per heavy atom. The van der Waals surface area contributed by atoms with Crippen LogP contribution in [0.15, 0.2) is 21.8 Å². The van der Waals surface area contributed by atoms with Crippen LogP contribution in [0.25, 0.3) is 0 Å². The number of nitrogens with zero attached hydrogens (tertiary/aromatic N) is 2. The second-order valence-corrected chi connectivity index (χ2v) is 5.26. The normalized spacial score (nSPS) is 10.9. The van der Waals surface area contributed by atoms with Crippen LogP contribution in [0.1, 0.15) is 28.1 Å². The van der Waals surface area contributed by atoms with Gasteiger partial charge in [0.1, 0.15) is 0 Å². The maximum absolute atomic E-state index is 5.43. The first-order valence-corrected chi connectivity index (χ1v) is 6.80. The molecule has 96 valence electrons. The van der Waals surface area contributed by atoms with E-state index in [0.29, 0.717) is 11.1 Å². The Morgan fingerprint density at radius 2 is 1.83 bits per heavy atom. The van der Waals surface area contributed by atoms with Crippen LogP contribution in [-0.2, 0) is 12.3 Å². The second-order valence-electron chi connectivity index (χ2n) is 4.33. The highest BCUT2D eigenvalue weighted by Gasteiger charge is 2.09. The molecule has 0 bridgehead atoms. The molecule has 0 amide bonds. The molecule has 1 aromatic heterocycles. The lowest BCUT2D eigenvalue weighted by Crippen LogP contribution is -1.95. The smallest absolute Gasteiger partial charge is 0.276 e. The Morgan fingerprint density at radius 1 is 1.17 bits per heavy atom. The Balaban J connectivity index is 2.10. The Labute approximate surface area is 111 Å². The average Bonchev–Trinajstić information content (AvgIpc) is 2.75. The van der Waals surface area contributed by atoms with Crippen LogP contribution >= 0.6 is 11.8 Å². The fourth-order valence-electron chi connectivity index (χ4n) is 1.95. The van der Waals surface area contributed by atoms with E-state index >= 15 is 0 Å². The molecule has 2 rings (SSSR count). The average molecular weight is 263 g/mol. The summed E-state index contributed by atoms with van der Waals surface area (Å²) in [6.07, 6.45) is 0. The molecular weight excluding hydrogens is 246 g/mol. The predicted octanol–water partition coefficient (Wildman–Crippen LogP) is 2.75. The molecule has 0 aliphatic carbocycles. The SMILES string of the molecule is Cc1cc(C)c(CSc2nnc(CN)o2)c(C)c1. The van der Waals surface area contributed by atoms with Crippen molar-refractivity contribution >= 4 is 11.8 Å². The van der Waals surface area contributed by atoms with E-state index in [1.807, 2.05) is 0 Å². The third kappa shape index (κ3) is 2.91. The molecule has 5 heteroatoms. The summed E-state index contributed by atoms with van der Waals surface area (Å²) in [6.45, 7) is 6.67. The number of rotatable bonds is 4. The maximum atomic E-state index is 5.43. The Hall–Kier alpha value is -1.33. The quantitative estimate of drug-likeness (QED) is 0.859. The zero-order valence-corrected chi connectivity index (χ0v) is 11.7. The van der Waals surface area contributed by atoms with E-state index in [4.69, 9.17) is 10.2 Å². The highest BCUT2D eigenvalue weighted by atomic mass is 32.2. The number of hydrogen-bond donors (Lipinski definition) is 1. The number of aryl methyl sites for hydroxylation is 3. The molecule has 1 heterocycles. The predicted molar refractivity (Wildman–Crippen MR) is 72.4 cm³/mol. The van der Waals surface area contributed by atoms with E-state index in [2.05, 4.69) is 43.1 Å². The van der Waals surface area contributed by atoms with Crippen LogP contribution < -0.4 is 5.73 Å². The second kappa shape index (κ2) is 5.54. The summed E-state index contributed by atoms with van der Waals surface area (Å²) in [5.41, 5.74) is 10.7. The topological polar surface area (TPSA) is 64.9 Å². The zero-order valence-electron chi connectivity index (χ0n) is 10.9. The van der Waals surface area contributed by atoms with Crippen LogP contribution in [0.3, 0.4) is 0 Å². The van der Waals surface area contributed by atoms with Crippen molar-refractivity contribution in [1.82, 2.24) is 10.2 Å². The van der Waals surface area contributed by atoms with Gasteiger partial charge in [-0.15, -0.1) is 10.2 Å². The minimum Gasteiger partial charge on any atom is -0.415 e. The van der Waals surface area contributed by atoms with Gasteiger partial charge in [0.2, 0.25) is 5.89 Å². The molecule has 0 radical (unpaired) electrons. The molecule has 1 aromatic carbocycles. The molecule has 2 N–H and O–H groups in total. The summed E-state index contributed by atoms with van der Waals surface area (Å²) in [4.78, 5) is 0. The van der Waals surface area contributed by atoms with Crippen molar-refractivity contribution < 1.29 is 4.42 Å². The third-order valence-electron chi connectivity index (χ3n) is 2.80. The summed E-state index contributed by atoms with van der Waals surface area (Å²) in [5.74, 6) is 1.32. The molecule has 0 spiro atoms. The van der Waals surface area contributed by atoms with Gasteiger partial charge in [0.05, 0.1) is 6.54 Å². The molecule has 18 heavy (non-hydrogen) atoms. The van der Waals surface area contributed by atoms with Crippen LogP contribution in [0.4, 0.5) is 0 Å². The number of aromatic nitrogens is 2. The van der Waals surface area contributed by atoms with Gasteiger partial charge < -0.3 is 10.2 Å². The van der Waals surface area contributed by atoms with Gasteiger partial charge in [-0.05, 0) is 37.5 Å². The number of thioether (sulfide) groups is 1. The number of nitrogens with two attached hydrogens (primary N) is 1. The Kier molecular flexibility index (Phi) is 4.04. The molecular formula is C13H17N3OS. The molecule has 0 atom stereocenters. The lowest BCUT2D eigenvalue weighted by Gasteiger charge is -2.09. The summed E-state index contributed by atoms with van der Waals surface area (Å²) in [7, 11) is 0. The fourth-order valence-corrected chi connectivity index (χ4v) is 2.93. The largest absolute Gasteiger partial charge is 0.415 e. The molecule has 0 saturated heterocycles. The van der Waals surface area contributed by atoms with Crippen LogP contribution in [0.2, 0.25) is 0 Å². The monoisotopic (exact) mass is 263 g/mol. The van der Waals surface area contributed by atoms with Crippen molar-refractivity contribution in [2.24, 2.45) is 5.73 Å². The van der Waals surface area contributed by atoms with Gasteiger partial charge in [0, 0.05) is 5.75 Å². The summed E-state index contributed by atoms with van der Waals surface area (Å²) in [6, 6.07) is 4.39. The standard InChI is InChI=1S/C13H17N3OS/c1-8-4-9(2)11(10(3)5-8)7-18-13-16-15-12(6-14)17-13/h4-5H,6-7,14H2,1-3H3. The Bertz CT molecular complexity index is 528. The van der Waals surface area contributed by atoms with E-state index in [0.717, 1.165) is 5.75 Å². The first kappa shape index (κ1) is 13.1. The number of hydrogen-bond acceptors (Lipinski definition) is 5. The lowest BCUT2D eigenvalue weighted by atomic mass is 10.0. The van der Waals surface area contributed by atoms with Gasteiger partial charge >= 0.3 is 0 Å². The van der Waals surface area contributed by atoms with Gasteiger partial charge in [0.25, 0.3) is 5.22 Å². The summed E-state index contributed by atoms with van der Waals surface area (Å²) in [5, 5.41) is 8.37. The molecule has 0 unspecified atom stereocenters. The molecule has 0 aliphatic heterocycles. The van der Waals surface area contributed by atoms with Gasteiger partial charge in [0.15, 0.2) is 0 Å². The minimum atomic E-state index is 0.288. The van der Waals surface area contributed by atoms with Gasteiger partial charge in [-0.1, -0.05) is 29.5 Å². The summed E-state index contributed by atoms with van der Waals surface area (Å²) < 4.78 is 5.37. The van der Waals surface area contributed by atoms with Gasteiger partial charge in [-0.2, -0.15) is 0 Å². The lowest BCUT2D eigenvalue weighted by molar-refractivity contribution is 0.415. The van der Waals surface area contributed by atoms with Crippen molar-refractivity contribution in [2.45, 2.75) is 38.3 Å². The van der Waals surface area contributed by atoms with Gasteiger partial charge in [-0.25, -0.2) is 0 Å². The molecule has 2 aromatic rings. The first-order valence-electron chi connectivity index (χ1n) is 5.82. The van der Waals surface area contributed by atoms with Gasteiger partial charge in [-0.3, -0.25) is 0 Å². The first-order chi connectivity index (χ1) is 8.60. The molecule has 0 aliphatic rings. The van der Waals surface area contributed by atoms with Crippen molar-refractivity contribution in [1.29, 1.82) is 0 Å². The van der Waals surface area contributed by atoms with Crippen molar-refractivity contribution in [3.8, 4) is 0 Å². The van der Waals surface area contributed by atoms with E-state index in [-0.39, 0.29) is 6.54 Å². The minimum absolute atomic E-state index is 0.288. The van der Waals surface area contributed by atoms with E-state index < -0.39 is 0 Å². The maximum Gasteiger partial charge on any atom is 0.276 e. The molecule has 0 saturated carbocycles. The van der Waals surface area contributed by atoms with Crippen LogP contribution in [-0.4, -0.2) is 10.2 Å². The van der Waals surface area contributed by atoms with Crippen molar-refractivity contribution in [3.63, 3.8) is 0 Å². The zero-order chi connectivity index (χ0) is 13.1. The van der Waals surface area contributed by atoms with Crippen molar-refractivity contribution in [2.75, 3.05) is 0 Å². The van der Waals surface area contributed by atoms with Crippen LogP contribution in [0.5, 0.6) is 0 Å². The third-order valence-corrected chi connectivity index (χ3v) is 3.65. The number of benzene rings is 1.